The largest absolute Gasteiger partial charge is 0.493 e. The van der Waals surface area contributed by atoms with Gasteiger partial charge in [0.1, 0.15) is 5.72 Å². The first-order valence-electron chi connectivity index (χ1n) is 10.6. The zero-order valence-corrected chi connectivity index (χ0v) is 17.8. The fraction of sp³-hybridized carbons (Fsp3) is 0.682. The summed E-state index contributed by atoms with van der Waals surface area (Å²) in [5.41, 5.74) is 0.156. The van der Waals surface area contributed by atoms with Gasteiger partial charge in [-0.2, -0.15) is 0 Å². The fourth-order valence-electron chi connectivity index (χ4n) is 5.75. The molecule has 0 bridgehead atoms. The van der Waals surface area contributed by atoms with Crippen LogP contribution in [0.15, 0.2) is 18.2 Å². The molecule has 1 aliphatic heterocycles. The lowest BCUT2D eigenvalue weighted by atomic mass is 9.62. The summed E-state index contributed by atoms with van der Waals surface area (Å²) in [7, 11) is 3.28. The molecule has 2 aliphatic carbocycles. The van der Waals surface area contributed by atoms with Crippen molar-refractivity contribution in [2.75, 3.05) is 14.2 Å². The summed E-state index contributed by atoms with van der Waals surface area (Å²) >= 11 is 5.83. The fourth-order valence-corrected chi connectivity index (χ4v) is 6.18. The molecule has 0 aromatic heterocycles. The van der Waals surface area contributed by atoms with Crippen LogP contribution in [0.2, 0.25) is 0 Å². The van der Waals surface area contributed by atoms with E-state index in [0.717, 1.165) is 37.7 Å². The number of nitrogens with one attached hydrogen (secondary N) is 1. The van der Waals surface area contributed by atoms with E-state index in [1.54, 1.807) is 14.2 Å². The Hall–Kier alpha value is -1.53. The lowest BCUT2D eigenvalue weighted by Crippen LogP contribution is -2.75. The van der Waals surface area contributed by atoms with E-state index in [9.17, 15) is 5.11 Å². The highest BCUT2D eigenvalue weighted by Crippen LogP contribution is 2.50. The number of nitrogens with zero attached hydrogens (tertiary/aromatic N) is 1. The summed E-state index contributed by atoms with van der Waals surface area (Å²) in [5, 5.41) is 16.4. The quantitative estimate of drug-likeness (QED) is 0.741. The van der Waals surface area contributed by atoms with Gasteiger partial charge < -0.3 is 24.8 Å². The summed E-state index contributed by atoms with van der Waals surface area (Å²) in [4.78, 5) is 2.03. The van der Waals surface area contributed by atoms with Gasteiger partial charge in [-0.25, -0.2) is 0 Å². The van der Waals surface area contributed by atoms with Gasteiger partial charge in [0, 0.05) is 18.0 Å². The summed E-state index contributed by atoms with van der Waals surface area (Å²) in [6.07, 6.45) is 10.0. The maximum atomic E-state index is 12.0. The topological polar surface area (TPSA) is 54.0 Å². The first-order valence-corrected chi connectivity index (χ1v) is 11.0. The van der Waals surface area contributed by atoms with Gasteiger partial charge in [0.2, 0.25) is 0 Å². The van der Waals surface area contributed by atoms with Gasteiger partial charge in [0.05, 0.1) is 14.2 Å². The summed E-state index contributed by atoms with van der Waals surface area (Å²) in [5.74, 6) is 1.63. The van der Waals surface area contributed by atoms with Crippen molar-refractivity contribution in [2.45, 2.75) is 75.6 Å². The van der Waals surface area contributed by atoms with E-state index >= 15 is 0 Å². The van der Waals surface area contributed by atoms with Gasteiger partial charge in [-0.15, -0.1) is 0 Å². The van der Waals surface area contributed by atoms with E-state index in [1.165, 1.54) is 25.7 Å². The van der Waals surface area contributed by atoms with Crippen LogP contribution in [-0.2, 0) is 6.54 Å². The Morgan fingerprint density at radius 3 is 2.50 bits per heavy atom. The second kappa shape index (κ2) is 7.71. The van der Waals surface area contributed by atoms with E-state index in [1.807, 2.05) is 23.1 Å². The molecule has 0 radical (unpaired) electrons. The van der Waals surface area contributed by atoms with Gasteiger partial charge in [0.25, 0.3) is 0 Å². The van der Waals surface area contributed by atoms with Crippen molar-refractivity contribution in [3.63, 3.8) is 0 Å². The molecule has 6 heteroatoms. The van der Waals surface area contributed by atoms with E-state index < -0.39 is 5.72 Å². The predicted octanol–water partition coefficient (Wildman–Crippen LogP) is 3.98. The predicted molar refractivity (Wildman–Crippen MR) is 114 cm³/mol. The van der Waals surface area contributed by atoms with Crippen molar-refractivity contribution >= 4 is 17.3 Å². The van der Waals surface area contributed by atoms with Crippen LogP contribution in [0.1, 0.15) is 63.4 Å². The second-order valence-electron chi connectivity index (χ2n) is 8.60. The highest BCUT2D eigenvalue weighted by Gasteiger charge is 2.58. The number of hydrogen-bond donors (Lipinski definition) is 2. The molecule has 0 unspecified atom stereocenters. The lowest BCUT2D eigenvalue weighted by molar-refractivity contribution is -0.184. The molecule has 1 aromatic rings. The van der Waals surface area contributed by atoms with Crippen molar-refractivity contribution in [1.29, 1.82) is 0 Å². The number of thiocarbonyl (C=S) groups is 1. The Bertz CT molecular complexity index is 734. The molecular weight excluding hydrogens is 372 g/mol. The normalized spacial score (nSPS) is 29.2. The average Bonchev–Trinajstić information content (AvgIpc) is 2.71. The van der Waals surface area contributed by atoms with Gasteiger partial charge in [0.15, 0.2) is 16.6 Å². The molecule has 2 atom stereocenters. The molecule has 2 saturated carbocycles. The molecule has 154 valence electrons. The van der Waals surface area contributed by atoms with Crippen molar-refractivity contribution in [2.24, 2.45) is 5.92 Å². The van der Waals surface area contributed by atoms with Crippen molar-refractivity contribution in [3.8, 4) is 11.5 Å². The van der Waals surface area contributed by atoms with Gasteiger partial charge >= 0.3 is 0 Å². The minimum absolute atomic E-state index is 0.0292. The maximum absolute atomic E-state index is 12.0. The number of fused-ring (bicyclic) bond motifs is 2. The Morgan fingerprint density at radius 1 is 1.07 bits per heavy atom. The van der Waals surface area contributed by atoms with E-state index in [4.69, 9.17) is 21.7 Å². The van der Waals surface area contributed by atoms with Crippen LogP contribution in [0.5, 0.6) is 11.5 Å². The van der Waals surface area contributed by atoms with Crippen LogP contribution in [0.3, 0.4) is 0 Å². The standard InChI is InChI=1S/C22H32N2O3S/c1-26-17-10-9-16(14-18(17)27-2)15-24-20(28)23-21(11-5-3-6-12-21)19-8-4-7-13-22(19,24)25/h9-10,14,19,25H,3-8,11-13,15H2,1-2H3,(H,23,28)/t19-,22-/m1/s1. The molecule has 28 heavy (non-hydrogen) atoms. The Kier molecular flexibility index (Phi) is 5.45. The number of hydrogen-bond acceptors (Lipinski definition) is 4. The van der Waals surface area contributed by atoms with Gasteiger partial charge in [-0.05, 0) is 62.0 Å². The molecule has 1 aromatic carbocycles. The zero-order valence-electron chi connectivity index (χ0n) is 17.0. The maximum Gasteiger partial charge on any atom is 0.171 e. The molecule has 1 spiro atoms. The zero-order chi connectivity index (χ0) is 19.8. The molecular formula is C22H32N2O3S. The van der Waals surface area contributed by atoms with Gasteiger partial charge in [-0.1, -0.05) is 31.7 Å². The number of rotatable bonds is 4. The smallest absolute Gasteiger partial charge is 0.171 e. The van der Waals surface area contributed by atoms with Crippen molar-refractivity contribution < 1.29 is 14.6 Å². The third-order valence-electron chi connectivity index (χ3n) is 7.12. The molecule has 3 fully saturated rings. The van der Waals surface area contributed by atoms with Gasteiger partial charge in [-0.3, -0.25) is 0 Å². The average molecular weight is 405 g/mol. The summed E-state index contributed by atoms with van der Waals surface area (Å²) in [6, 6.07) is 5.92. The highest BCUT2D eigenvalue weighted by atomic mass is 32.1. The van der Waals surface area contributed by atoms with Crippen LogP contribution in [0.25, 0.3) is 0 Å². The molecule has 5 nitrogen and oxygen atoms in total. The monoisotopic (exact) mass is 404 g/mol. The molecule has 0 amide bonds. The summed E-state index contributed by atoms with van der Waals surface area (Å²) in [6.45, 7) is 0.565. The minimum atomic E-state index is -0.870. The molecule has 2 N–H and O–H groups in total. The highest BCUT2D eigenvalue weighted by molar-refractivity contribution is 7.80. The lowest BCUT2D eigenvalue weighted by Gasteiger charge is -2.61. The van der Waals surface area contributed by atoms with Crippen LogP contribution in [-0.4, -0.2) is 40.6 Å². The molecule has 4 rings (SSSR count). The van der Waals surface area contributed by atoms with Crippen LogP contribution >= 0.6 is 12.2 Å². The molecule has 1 heterocycles. The summed E-state index contributed by atoms with van der Waals surface area (Å²) < 4.78 is 10.8. The molecule has 1 saturated heterocycles. The Morgan fingerprint density at radius 2 is 1.79 bits per heavy atom. The minimum Gasteiger partial charge on any atom is -0.493 e. The number of methoxy groups -OCH3 is 2. The first-order chi connectivity index (χ1) is 13.5. The number of benzene rings is 1. The van der Waals surface area contributed by atoms with E-state index in [2.05, 4.69) is 5.32 Å². The number of ether oxygens (including phenoxy) is 2. The van der Waals surface area contributed by atoms with Crippen molar-refractivity contribution in [1.82, 2.24) is 10.2 Å². The van der Waals surface area contributed by atoms with E-state index in [0.29, 0.717) is 23.2 Å². The van der Waals surface area contributed by atoms with Crippen molar-refractivity contribution in [3.05, 3.63) is 23.8 Å². The van der Waals surface area contributed by atoms with Crippen LogP contribution < -0.4 is 14.8 Å². The Balaban J connectivity index is 1.65. The SMILES string of the molecule is COc1ccc(CN2C(=S)NC3(CCCCC3)[C@H]3CCCC[C@@]32O)cc1OC. The third-order valence-corrected chi connectivity index (χ3v) is 7.44. The number of aliphatic hydroxyl groups is 1. The van der Waals surface area contributed by atoms with Crippen LogP contribution in [0, 0.1) is 5.92 Å². The second-order valence-corrected chi connectivity index (χ2v) is 8.99. The third kappa shape index (κ3) is 3.24. The first kappa shape index (κ1) is 19.8. The Labute approximate surface area is 173 Å². The molecule has 3 aliphatic rings. The van der Waals surface area contributed by atoms with E-state index in [-0.39, 0.29) is 11.5 Å². The van der Waals surface area contributed by atoms with Crippen LogP contribution in [0.4, 0.5) is 0 Å².